The Balaban J connectivity index is 0.584. The molecule has 0 bridgehead atoms. The molecule has 0 unspecified atom stereocenters. The average molecular weight is 1380 g/mol. The number of thiocarbonyl (C=S) groups is 1. The van der Waals surface area contributed by atoms with E-state index in [9.17, 15) is 50.9 Å². The number of fused-ring (bicyclic) bond motifs is 2. The Morgan fingerprint density at radius 1 is 0.573 bits per heavy atom. The number of benzene rings is 5. The molecular weight excluding hydrogens is 1290 g/mol. The zero-order valence-electron chi connectivity index (χ0n) is 53.0. The largest absolute Gasteiger partial charge is 0.508 e. The zero-order valence-corrected chi connectivity index (χ0v) is 53.8. The Kier molecular flexibility index (Phi) is 32.9. The van der Waals surface area contributed by atoms with E-state index >= 15 is 0 Å². The van der Waals surface area contributed by atoms with Crippen LogP contribution < -0.4 is 21.4 Å². The molecule has 2 atom stereocenters. The molecule has 96 heavy (non-hydrogen) atoms. The number of nitrogens with one attached hydrogen (secondary N) is 3. The third-order valence-electron chi connectivity index (χ3n) is 14.6. The number of aromatic carboxylic acids is 1. The summed E-state index contributed by atoms with van der Waals surface area (Å²) in [6, 6.07) is 23.7. The number of likely N-dealkylation sites (tertiary alicyclic amines) is 1. The van der Waals surface area contributed by atoms with Crippen molar-refractivity contribution in [2.75, 3.05) is 177 Å². The minimum atomic E-state index is -4.98. The van der Waals surface area contributed by atoms with Gasteiger partial charge < -0.3 is 87.4 Å². The molecule has 29 heteroatoms. The van der Waals surface area contributed by atoms with E-state index in [1.807, 2.05) is 35.2 Å². The number of rotatable bonds is 45. The number of amides is 1. The molecule has 7 rings (SSSR count). The van der Waals surface area contributed by atoms with Crippen LogP contribution >= 0.6 is 12.2 Å². The van der Waals surface area contributed by atoms with Crippen LogP contribution in [0.15, 0.2) is 112 Å². The monoisotopic (exact) mass is 1380 g/mol. The van der Waals surface area contributed by atoms with Crippen molar-refractivity contribution in [3.05, 3.63) is 141 Å². The van der Waals surface area contributed by atoms with E-state index in [4.69, 9.17) is 73.5 Å². The summed E-state index contributed by atoms with van der Waals surface area (Å²) >= 11 is 5.43. The summed E-state index contributed by atoms with van der Waals surface area (Å²) in [5.41, 5.74) is -0.366. The van der Waals surface area contributed by atoms with Crippen LogP contribution in [0.1, 0.15) is 51.5 Å². The summed E-state index contributed by atoms with van der Waals surface area (Å²) in [6.07, 6.45) is -9.49. The van der Waals surface area contributed by atoms with Gasteiger partial charge in [0.25, 0.3) is 0 Å². The van der Waals surface area contributed by atoms with Gasteiger partial charge in [-0.1, -0.05) is 36.4 Å². The SMILES string of the molecule is O=C(CN1CCC[C@H](OCc2cc(C(F)(F)F)cc(C(F)(F)F)c2)[C@@H]1c1ccccc1)NCCOCCOCCOCCOCCOCCOCCOCCOCCOCCOCCOCCNC(=S)Nc1ccc(-c2c3ccc(=O)cc-3oc3cc(O)ccc23)c(C(=O)O)c1. The molecule has 2 heterocycles. The Labute approximate surface area is 556 Å². The van der Waals surface area contributed by atoms with Gasteiger partial charge in [0, 0.05) is 47.4 Å². The van der Waals surface area contributed by atoms with Gasteiger partial charge in [0.05, 0.1) is 187 Å². The summed E-state index contributed by atoms with van der Waals surface area (Å²) in [7, 11) is 0. The fourth-order valence-electron chi connectivity index (χ4n) is 10.1. The molecule has 1 saturated heterocycles. The summed E-state index contributed by atoms with van der Waals surface area (Å²) in [4.78, 5) is 39.6. The first kappa shape index (κ1) is 76.4. The van der Waals surface area contributed by atoms with Gasteiger partial charge in [-0.3, -0.25) is 14.5 Å². The first-order chi connectivity index (χ1) is 46.4. The van der Waals surface area contributed by atoms with Gasteiger partial charge in [0.1, 0.15) is 17.1 Å². The molecule has 2 aliphatic heterocycles. The lowest BCUT2D eigenvalue weighted by atomic mass is 9.90. The number of anilines is 1. The van der Waals surface area contributed by atoms with Crippen LogP contribution in [0.4, 0.5) is 32.0 Å². The lowest BCUT2D eigenvalue weighted by molar-refractivity contribution is -0.143. The van der Waals surface area contributed by atoms with Gasteiger partial charge in [0.2, 0.25) is 5.91 Å². The molecular formula is C67H82F6N4O18S. The van der Waals surface area contributed by atoms with Crippen LogP contribution in [-0.4, -0.2) is 210 Å². The van der Waals surface area contributed by atoms with Gasteiger partial charge in [-0.15, -0.1) is 0 Å². The Hall–Kier alpha value is -6.94. The maximum absolute atomic E-state index is 13.5. The van der Waals surface area contributed by atoms with Crippen molar-refractivity contribution in [1.82, 2.24) is 15.5 Å². The minimum Gasteiger partial charge on any atom is -0.508 e. The first-order valence-electron chi connectivity index (χ1n) is 31.4. The zero-order chi connectivity index (χ0) is 68.4. The van der Waals surface area contributed by atoms with Gasteiger partial charge >= 0.3 is 18.3 Å². The van der Waals surface area contributed by atoms with Crippen molar-refractivity contribution in [2.45, 2.75) is 43.9 Å². The highest BCUT2D eigenvalue weighted by Gasteiger charge is 2.38. The van der Waals surface area contributed by atoms with E-state index in [0.717, 1.165) is 5.56 Å². The van der Waals surface area contributed by atoms with Crippen LogP contribution in [0, 0.1) is 0 Å². The molecule has 3 aliphatic rings. The van der Waals surface area contributed by atoms with E-state index < -0.39 is 48.2 Å². The second-order valence-corrected chi connectivity index (χ2v) is 22.0. The Bertz CT molecular complexity index is 3300. The summed E-state index contributed by atoms with van der Waals surface area (Å²) in [5, 5.41) is 30.0. The normalized spacial score (nSPS) is 14.6. The van der Waals surface area contributed by atoms with E-state index in [-0.39, 0.29) is 70.4 Å². The van der Waals surface area contributed by atoms with Gasteiger partial charge in [0.15, 0.2) is 10.5 Å². The van der Waals surface area contributed by atoms with Crippen molar-refractivity contribution < 1.29 is 107 Å². The van der Waals surface area contributed by atoms with Crippen LogP contribution in [0.2, 0.25) is 0 Å². The van der Waals surface area contributed by atoms with E-state index in [1.54, 1.807) is 24.3 Å². The third kappa shape index (κ3) is 26.8. The average Bonchev–Trinajstić information content (AvgIpc) is 0.752. The highest BCUT2D eigenvalue weighted by Crippen LogP contribution is 2.43. The predicted octanol–water partition coefficient (Wildman–Crippen LogP) is 9.01. The highest BCUT2D eigenvalue weighted by atomic mass is 32.1. The summed E-state index contributed by atoms with van der Waals surface area (Å²) in [6.45, 7) is 8.99. The number of hydrogen-bond acceptors (Lipinski definition) is 19. The smallest absolute Gasteiger partial charge is 0.416 e. The molecule has 1 amide bonds. The number of alkyl halides is 6. The molecule has 0 saturated carbocycles. The minimum absolute atomic E-state index is 0.0121. The molecule has 0 spiro atoms. The maximum atomic E-state index is 13.5. The summed E-state index contributed by atoms with van der Waals surface area (Å²) in [5.74, 6) is -1.25. The number of ether oxygens (including phenoxy) is 12. The van der Waals surface area contributed by atoms with Crippen molar-refractivity contribution in [1.29, 1.82) is 0 Å². The molecule has 5 N–H and O–H groups in total. The van der Waals surface area contributed by atoms with Crippen LogP contribution in [0.25, 0.3) is 33.4 Å². The second kappa shape index (κ2) is 41.3. The fraction of sp³-hybridized carbons (Fsp3) is 0.493. The van der Waals surface area contributed by atoms with E-state index in [0.29, 0.717) is 205 Å². The van der Waals surface area contributed by atoms with Crippen molar-refractivity contribution in [3.63, 3.8) is 0 Å². The van der Waals surface area contributed by atoms with Crippen molar-refractivity contribution >= 4 is 45.9 Å². The lowest BCUT2D eigenvalue weighted by Crippen LogP contribution is -2.47. The molecule has 22 nitrogen and oxygen atoms in total. The first-order valence-corrected chi connectivity index (χ1v) is 31.8. The number of aromatic hydroxyl groups is 1. The van der Waals surface area contributed by atoms with Crippen LogP contribution in [0.3, 0.4) is 0 Å². The number of carbonyl (C=O) groups excluding carboxylic acids is 1. The van der Waals surface area contributed by atoms with Crippen molar-refractivity contribution in [2.24, 2.45) is 0 Å². The third-order valence-corrected chi connectivity index (χ3v) is 14.8. The van der Waals surface area contributed by atoms with Gasteiger partial charge in [-0.05, 0) is 103 Å². The van der Waals surface area contributed by atoms with E-state index in [1.165, 1.54) is 30.3 Å². The number of carboxylic acids is 1. The molecule has 0 aromatic heterocycles. The molecule has 0 radical (unpaired) electrons. The molecule has 4 aromatic carbocycles. The fourth-order valence-corrected chi connectivity index (χ4v) is 10.4. The number of nitrogens with zero attached hydrogens (tertiary/aromatic N) is 1. The van der Waals surface area contributed by atoms with E-state index in [2.05, 4.69) is 16.0 Å². The number of piperidine rings is 1. The number of phenols is 1. The lowest BCUT2D eigenvalue weighted by Gasteiger charge is -2.41. The van der Waals surface area contributed by atoms with Crippen molar-refractivity contribution in [3.8, 4) is 28.2 Å². The molecule has 1 fully saturated rings. The number of carboxylic acid groups (broad SMARTS) is 1. The standard InChI is InChI=1S/C67H82F6N4O18S/c68-66(69,70)49-39-47(40-50(41-49)67(71,72)73)46-94-58-7-4-16-77(63(58)48-5-2-1-3-6-48)45-61(80)74-14-17-83-19-21-85-23-25-87-27-29-89-31-33-91-35-37-93-38-36-92-34-32-90-30-28-88-26-24-86-22-20-84-18-15-75-65(96)76-51-8-11-54(57(42-51)64(81)82)62-55-12-9-52(78)43-59(55)95-60-44-53(79)10-13-56(60)62/h1-3,5-6,8-13,39-44,58,63,78H,4,7,14-38,45-46H2,(H,74,80)(H,81,82)(H2,75,76,96)/t58-,63-/m0/s1. The number of phenolic OH excluding ortho intramolecular Hbond substituents is 1. The Morgan fingerprint density at radius 2 is 1.06 bits per heavy atom. The molecule has 4 aromatic rings. The number of halogens is 6. The number of hydrogen-bond donors (Lipinski definition) is 5. The van der Waals surface area contributed by atoms with Crippen LogP contribution in [0.5, 0.6) is 5.75 Å². The topological polar surface area (TPSA) is 255 Å². The molecule has 1 aliphatic carbocycles. The number of carbonyl (C=O) groups is 2. The predicted molar refractivity (Wildman–Crippen MR) is 344 cm³/mol. The van der Waals surface area contributed by atoms with Crippen LogP contribution in [-0.2, 0) is 80.6 Å². The highest BCUT2D eigenvalue weighted by molar-refractivity contribution is 7.80. The Morgan fingerprint density at radius 3 is 1.56 bits per heavy atom. The van der Waals surface area contributed by atoms with Gasteiger partial charge in [-0.2, -0.15) is 26.3 Å². The summed E-state index contributed by atoms with van der Waals surface area (Å²) < 4.78 is 154. The molecule has 526 valence electrons. The van der Waals surface area contributed by atoms with Gasteiger partial charge in [-0.25, -0.2) is 4.79 Å². The quantitative estimate of drug-likeness (QED) is 0.0103. The second-order valence-electron chi connectivity index (χ2n) is 21.6. The maximum Gasteiger partial charge on any atom is 0.416 e.